The summed E-state index contributed by atoms with van der Waals surface area (Å²) in [6.07, 6.45) is 4.48. The summed E-state index contributed by atoms with van der Waals surface area (Å²) in [5.74, 6) is 0.689. The van der Waals surface area contributed by atoms with Gasteiger partial charge in [0.05, 0.1) is 24.5 Å². The van der Waals surface area contributed by atoms with Gasteiger partial charge in [-0.2, -0.15) is 0 Å². The number of anilines is 2. The smallest absolute Gasteiger partial charge is 0.0667 e. The van der Waals surface area contributed by atoms with E-state index in [2.05, 4.69) is 76.3 Å². The van der Waals surface area contributed by atoms with Gasteiger partial charge in [-0.3, -0.25) is 10.0 Å². The maximum Gasteiger partial charge on any atom is 0.0667 e. The van der Waals surface area contributed by atoms with Crippen LogP contribution in [0.15, 0.2) is 46.9 Å². The Labute approximate surface area is 157 Å². The van der Waals surface area contributed by atoms with E-state index in [-0.39, 0.29) is 6.61 Å². The van der Waals surface area contributed by atoms with Crippen LogP contribution in [0.3, 0.4) is 0 Å². The lowest BCUT2D eigenvalue weighted by atomic mass is 9.94. The first-order chi connectivity index (χ1) is 12.1. The van der Waals surface area contributed by atoms with Crippen LogP contribution < -0.4 is 10.0 Å². The third-order valence-electron chi connectivity index (χ3n) is 5.25. The third-order valence-corrected chi connectivity index (χ3v) is 5.77. The highest BCUT2D eigenvalue weighted by Gasteiger charge is 2.31. The van der Waals surface area contributed by atoms with Crippen molar-refractivity contribution in [2.24, 2.45) is 0 Å². The minimum absolute atomic E-state index is 0.0912. The van der Waals surface area contributed by atoms with Gasteiger partial charge in [-0.1, -0.05) is 28.1 Å². The molecule has 3 nitrogen and oxygen atoms in total. The molecule has 1 saturated carbocycles. The van der Waals surface area contributed by atoms with Crippen molar-refractivity contribution in [3.8, 4) is 0 Å². The topological polar surface area (TPSA) is 26.7 Å². The Balaban J connectivity index is 1.74. The monoisotopic (exact) mass is 398 g/mol. The summed E-state index contributed by atoms with van der Waals surface area (Å²) in [5, 5.41) is 13.9. The minimum atomic E-state index is 0.0912. The predicted octanol–water partition coefficient (Wildman–Crippen LogP) is 5.09. The number of hydrogen-bond donors (Lipinski definition) is 1. The molecule has 0 spiro atoms. The average Bonchev–Trinajstić information content (AvgIpc) is 3.40. The van der Waals surface area contributed by atoms with Crippen LogP contribution in [-0.4, -0.2) is 18.8 Å². The highest BCUT2D eigenvalue weighted by Crippen LogP contribution is 2.46. The van der Waals surface area contributed by atoms with Crippen LogP contribution in [0.25, 0.3) is 5.57 Å². The second-order valence-electron chi connectivity index (χ2n) is 6.97. The Morgan fingerprint density at radius 1 is 1.24 bits per heavy atom. The molecule has 0 aromatic heterocycles. The molecule has 2 aromatic carbocycles. The van der Waals surface area contributed by atoms with Gasteiger partial charge < -0.3 is 5.11 Å². The summed E-state index contributed by atoms with van der Waals surface area (Å²) in [6.45, 7) is 3.09. The first-order valence-electron chi connectivity index (χ1n) is 8.80. The van der Waals surface area contributed by atoms with Crippen LogP contribution in [0, 0.1) is 0 Å². The lowest BCUT2D eigenvalue weighted by molar-refractivity contribution is 0.343. The Bertz CT molecular complexity index is 825. The molecule has 0 unspecified atom stereocenters. The van der Waals surface area contributed by atoms with Gasteiger partial charge in [0.25, 0.3) is 0 Å². The predicted molar refractivity (Wildman–Crippen MR) is 108 cm³/mol. The summed E-state index contributed by atoms with van der Waals surface area (Å²) in [4.78, 5) is 0. The summed E-state index contributed by atoms with van der Waals surface area (Å²) in [7, 11) is 2.12. The molecular weight excluding hydrogens is 376 g/mol. The summed E-state index contributed by atoms with van der Waals surface area (Å²) >= 11 is 3.51. The van der Waals surface area contributed by atoms with Crippen LogP contribution in [0.4, 0.5) is 11.4 Å². The molecular formula is C21H23BrN2O. The van der Waals surface area contributed by atoms with E-state index in [4.69, 9.17) is 0 Å². The highest BCUT2D eigenvalue weighted by atomic mass is 79.9. The van der Waals surface area contributed by atoms with Crippen molar-refractivity contribution in [1.29, 1.82) is 0 Å². The van der Waals surface area contributed by atoms with Gasteiger partial charge in [0.1, 0.15) is 0 Å². The van der Waals surface area contributed by atoms with Crippen molar-refractivity contribution in [2.75, 3.05) is 23.7 Å². The molecule has 1 N–H and O–H groups in total. The van der Waals surface area contributed by atoms with E-state index in [1.54, 1.807) is 0 Å². The zero-order chi connectivity index (χ0) is 17.6. The molecule has 4 heteroatoms. The minimum Gasteiger partial charge on any atom is -0.392 e. The number of aliphatic hydroxyl groups excluding tert-OH is 1. The number of aliphatic hydroxyl groups is 1. The zero-order valence-corrected chi connectivity index (χ0v) is 16.3. The zero-order valence-electron chi connectivity index (χ0n) is 14.7. The van der Waals surface area contributed by atoms with Crippen molar-refractivity contribution >= 4 is 32.9 Å². The molecule has 1 fully saturated rings. The second kappa shape index (κ2) is 6.50. The maximum atomic E-state index is 9.30. The standard InChI is InChI=1S/C21H23BrN2O/c1-14(9-10-25)19-12-21-16(11-20(19)15-3-4-15)13-24(23(21)2)18-7-5-17(22)6-8-18/h5-9,11-12,15,25H,3-4,10,13H2,1-2H3/b14-9+. The van der Waals surface area contributed by atoms with Gasteiger partial charge in [0.2, 0.25) is 0 Å². The SMILES string of the molecule is C/C(=C\CO)c1cc2c(cc1C1CC1)CN(c1ccc(Br)cc1)N2C. The fourth-order valence-corrected chi connectivity index (χ4v) is 3.94. The number of allylic oxidation sites excluding steroid dienone is 1. The molecule has 25 heavy (non-hydrogen) atoms. The van der Waals surface area contributed by atoms with Gasteiger partial charge in [-0.05, 0) is 78.3 Å². The van der Waals surface area contributed by atoms with E-state index in [0.29, 0.717) is 5.92 Å². The van der Waals surface area contributed by atoms with Gasteiger partial charge in [-0.25, -0.2) is 0 Å². The van der Waals surface area contributed by atoms with Crippen molar-refractivity contribution in [3.63, 3.8) is 0 Å². The second-order valence-corrected chi connectivity index (χ2v) is 7.89. The van der Waals surface area contributed by atoms with E-state index in [1.165, 1.54) is 46.5 Å². The van der Waals surface area contributed by atoms with Crippen LogP contribution >= 0.6 is 15.9 Å². The van der Waals surface area contributed by atoms with Gasteiger partial charge in [0, 0.05) is 11.5 Å². The Morgan fingerprint density at radius 2 is 1.96 bits per heavy atom. The molecule has 0 atom stereocenters. The Kier molecular flexibility index (Phi) is 4.34. The van der Waals surface area contributed by atoms with E-state index in [9.17, 15) is 5.11 Å². The average molecular weight is 399 g/mol. The molecule has 1 heterocycles. The quantitative estimate of drug-likeness (QED) is 0.776. The normalized spacial score (nSPS) is 17.2. The summed E-state index contributed by atoms with van der Waals surface area (Å²) in [6, 6.07) is 13.2. The highest BCUT2D eigenvalue weighted by molar-refractivity contribution is 9.10. The van der Waals surface area contributed by atoms with Gasteiger partial charge in [0.15, 0.2) is 0 Å². The van der Waals surface area contributed by atoms with Crippen molar-refractivity contribution < 1.29 is 5.11 Å². The van der Waals surface area contributed by atoms with Crippen LogP contribution in [-0.2, 0) is 6.54 Å². The van der Waals surface area contributed by atoms with Crippen LogP contribution in [0.1, 0.15) is 42.4 Å². The van der Waals surface area contributed by atoms with E-state index < -0.39 is 0 Å². The summed E-state index contributed by atoms with van der Waals surface area (Å²) < 4.78 is 1.10. The molecule has 1 aliphatic heterocycles. The summed E-state index contributed by atoms with van der Waals surface area (Å²) in [5.41, 5.74) is 7.74. The maximum absolute atomic E-state index is 9.30. The van der Waals surface area contributed by atoms with Crippen molar-refractivity contribution in [3.05, 3.63) is 63.6 Å². The van der Waals surface area contributed by atoms with Crippen molar-refractivity contribution in [1.82, 2.24) is 0 Å². The Hall–Kier alpha value is -1.78. The number of nitrogens with zero attached hydrogens (tertiary/aromatic N) is 2. The third kappa shape index (κ3) is 3.09. The molecule has 0 bridgehead atoms. The van der Waals surface area contributed by atoms with E-state index in [0.717, 1.165) is 11.0 Å². The molecule has 2 aliphatic rings. The van der Waals surface area contributed by atoms with Crippen molar-refractivity contribution in [2.45, 2.75) is 32.2 Å². The lowest BCUT2D eigenvalue weighted by Crippen LogP contribution is -2.33. The molecule has 0 radical (unpaired) electrons. The van der Waals surface area contributed by atoms with Crippen LogP contribution in [0.2, 0.25) is 0 Å². The number of fused-ring (bicyclic) bond motifs is 1. The Morgan fingerprint density at radius 3 is 2.60 bits per heavy atom. The first-order valence-corrected chi connectivity index (χ1v) is 9.59. The van der Waals surface area contributed by atoms with E-state index >= 15 is 0 Å². The number of hydrazine groups is 1. The number of halogens is 1. The van der Waals surface area contributed by atoms with E-state index in [1.807, 2.05) is 6.08 Å². The fourth-order valence-electron chi connectivity index (χ4n) is 3.68. The lowest BCUT2D eigenvalue weighted by Gasteiger charge is -2.28. The molecule has 4 rings (SSSR count). The number of benzene rings is 2. The molecule has 0 saturated heterocycles. The number of hydrogen-bond acceptors (Lipinski definition) is 3. The first kappa shape index (κ1) is 16.7. The molecule has 0 amide bonds. The fraction of sp³-hybridized carbons (Fsp3) is 0.333. The molecule has 2 aromatic rings. The molecule has 130 valence electrons. The van der Waals surface area contributed by atoms with Gasteiger partial charge in [-0.15, -0.1) is 0 Å². The van der Waals surface area contributed by atoms with Crippen LogP contribution in [0.5, 0.6) is 0 Å². The largest absolute Gasteiger partial charge is 0.392 e. The molecule has 1 aliphatic carbocycles. The number of rotatable bonds is 4. The van der Waals surface area contributed by atoms with Gasteiger partial charge >= 0.3 is 0 Å².